The number of amides is 1. The highest BCUT2D eigenvalue weighted by molar-refractivity contribution is 7.14. The molecule has 1 aliphatic carbocycles. The second-order valence-corrected chi connectivity index (χ2v) is 6.54. The van der Waals surface area contributed by atoms with Gasteiger partial charge in [-0.05, 0) is 49.4 Å². The molecule has 2 nitrogen and oxygen atoms in total. The highest BCUT2D eigenvalue weighted by atomic mass is 32.1. The van der Waals surface area contributed by atoms with Crippen LogP contribution in [0.3, 0.4) is 0 Å². The van der Waals surface area contributed by atoms with E-state index in [1.54, 1.807) is 29.5 Å². The maximum absolute atomic E-state index is 13.6. The molecule has 1 N–H and O–H groups in total. The third-order valence-electron chi connectivity index (χ3n) is 3.84. The predicted octanol–water partition coefficient (Wildman–Crippen LogP) is 4.80. The number of fused-ring (bicyclic) bond motifs is 1. The Balaban J connectivity index is 1.79. The number of anilines is 1. The number of thiophene rings is 1. The Hall–Kier alpha value is -1.68. The van der Waals surface area contributed by atoms with Gasteiger partial charge in [-0.1, -0.05) is 25.0 Å². The Morgan fingerprint density at radius 2 is 1.86 bits per heavy atom. The Bertz CT molecular complexity index is 624. The summed E-state index contributed by atoms with van der Waals surface area (Å²) in [5.41, 5.74) is 1.54. The van der Waals surface area contributed by atoms with Gasteiger partial charge in [0.15, 0.2) is 0 Å². The molecule has 0 saturated heterocycles. The SMILES string of the molecule is O=C(Nc1ccccc1F)c1cc2c(s1)CCCCCC2. The number of nitrogens with one attached hydrogen (secondary N) is 1. The molecule has 2 aromatic rings. The molecule has 3 rings (SSSR count). The van der Waals surface area contributed by atoms with Crippen LogP contribution in [0.15, 0.2) is 30.3 Å². The van der Waals surface area contributed by atoms with Gasteiger partial charge in [0.05, 0.1) is 10.6 Å². The molecule has 4 heteroatoms. The number of carbonyl (C=O) groups is 1. The molecular weight excluding hydrogens is 285 g/mol. The first-order chi connectivity index (χ1) is 10.2. The Morgan fingerprint density at radius 3 is 2.67 bits per heavy atom. The number of halogens is 1. The van der Waals surface area contributed by atoms with Crippen molar-refractivity contribution in [2.24, 2.45) is 0 Å². The van der Waals surface area contributed by atoms with Crippen molar-refractivity contribution in [3.8, 4) is 0 Å². The monoisotopic (exact) mass is 303 g/mol. The average molecular weight is 303 g/mol. The maximum Gasteiger partial charge on any atom is 0.265 e. The fourth-order valence-corrected chi connectivity index (χ4v) is 3.85. The maximum atomic E-state index is 13.6. The minimum Gasteiger partial charge on any atom is -0.319 e. The van der Waals surface area contributed by atoms with Crippen LogP contribution in [0, 0.1) is 5.82 Å². The van der Waals surface area contributed by atoms with Gasteiger partial charge in [0.1, 0.15) is 5.82 Å². The van der Waals surface area contributed by atoms with Crippen molar-refractivity contribution in [1.29, 1.82) is 0 Å². The summed E-state index contributed by atoms with van der Waals surface area (Å²) in [6, 6.07) is 8.25. The average Bonchev–Trinajstić information content (AvgIpc) is 2.84. The van der Waals surface area contributed by atoms with E-state index < -0.39 is 5.82 Å². The van der Waals surface area contributed by atoms with Gasteiger partial charge < -0.3 is 5.32 Å². The molecule has 1 aromatic heterocycles. The lowest BCUT2D eigenvalue weighted by atomic mass is 10.00. The van der Waals surface area contributed by atoms with Gasteiger partial charge in [-0.3, -0.25) is 4.79 Å². The topological polar surface area (TPSA) is 29.1 Å². The largest absolute Gasteiger partial charge is 0.319 e. The summed E-state index contributed by atoms with van der Waals surface area (Å²) < 4.78 is 13.6. The molecular formula is C17H18FNOS. The molecule has 1 aromatic carbocycles. The molecule has 0 radical (unpaired) electrons. The van der Waals surface area contributed by atoms with E-state index in [1.165, 1.54) is 42.2 Å². The van der Waals surface area contributed by atoms with E-state index in [-0.39, 0.29) is 11.6 Å². The van der Waals surface area contributed by atoms with Crippen molar-refractivity contribution in [3.05, 3.63) is 51.5 Å². The number of benzene rings is 1. The van der Waals surface area contributed by atoms with E-state index in [4.69, 9.17) is 0 Å². The third-order valence-corrected chi connectivity index (χ3v) is 5.08. The number of para-hydroxylation sites is 1. The minimum atomic E-state index is -0.402. The van der Waals surface area contributed by atoms with Gasteiger partial charge in [0, 0.05) is 4.88 Å². The van der Waals surface area contributed by atoms with Crippen molar-refractivity contribution < 1.29 is 9.18 Å². The molecule has 0 bridgehead atoms. The van der Waals surface area contributed by atoms with Gasteiger partial charge in [-0.2, -0.15) is 0 Å². The summed E-state index contributed by atoms with van der Waals surface area (Å²) in [5, 5.41) is 2.66. The van der Waals surface area contributed by atoms with Crippen molar-refractivity contribution >= 4 is 22.9 Å². The molecule has 110 valence electrons. The number of hydrogen-bond acceptors (Lipinski definition) is 2. The summed E-state index contributed by atoms with van der Waals surface area (Å²) in [5.74, 6) is -0.613. The van der Waals surface area contributed by atoms with Crippen LogP contribution in [0.4, 0.5) is 10.1 Å². The summed E-state index contributed by atoms with van der Waals surface area (Å²) >= 11 is 1.56. The van der Waals surface area contributed by atoms with E-state index >= 15 is 0 Å². The standard InChI is InChI=1S/C17H18FNOS/c18-13-8-5-6-9-14(13)19-17(20)16-11-12-7-3-1-2-4-10-15(12)21-16/h5-6,8-9,11H,1-4,7,10H2,(H,19,20). The van der Waals surface area contributed by atoms with Crippen LogP contribution >= 0.6 is 11.3 Å². The molecule has 1 heterocycles. The number of carbonyl (C=O) groups excluding carboxylic acids is 1. The summed E-state index contributed by atoms with van der Waals surface area (Å²) in [6.07, 6.45) is 7.05. The number of rotatable bonds is 2. The second kappa shape index (κ2) is 6.39. The Labute approximate surface area is 128 Å². The molecule has 0 fully saturated rings. The molecule has 0 atom stereocenters. The smallest absolute Gasteiger partial charge is 0.265 e. The van der Waals surface area contributed by atoms with Gasteiger partial charge in [-0.15, -0.1) is 11.3 Å². The van der Waals surface area contributed by atoms with E-state index in [9.17, 15) is 9.18 Å². The molecule has 0 spiro atoms. The van der Waals surface area contributed by atoms with E-state index in [0.717, 1.165) is 12.8 Å². The van der Waals surface area contributed by atoms with Gasteiger partial charge >= 0.3 is 0 Å². The lowest BCUT2D eigenvalue weighted by Gasteiger charge is -2.07. The third kappa shape index (κ3) is 3.32. The predicted molar refractivity (Wildman–Crippen MR) is 84.5 cm³/mol. The van der Waals surface area contributed by atoms with E-state index in [2.05, 4.69) is 5.32 Å². The molecule has 21 heavy (non-hydrogen) atoms. The van der Waals surface area contributed by atoms with E-state index in [0.29, 0.717) is 4.88 Å². The van der Waals surface area contributed by atoms with Crippen molar-refractivity contribution in [3.63, 3.8) is 0 Å². The van der Waals surface area contributed by atoms with Crippen LogP contribution in [-0.2, 0) is 12.8 Å². The lowest BCUT2D eigenvalue weighted by Crippen LogP contribution is -2.11. The molecule has 0 saturated carbocycles. The second-order valence-electron chi connectivity index (χ2n) is 5.41. The van der Waals surface area contributed by atoms with E-state index in [1.807, 2.05) is 6.07 Å². The zero-order valence-corrected chi connectivity index (χ0v) is 12.6. The zero-order valence-electron chi connectivity index (χ0n) is 11.8. The van der Waals surface area contributed by atoms with Gasteiger partial charge in [0.25, 0.3) is 5.91 Å². The highest BCUT2D eigenvalue weighted by Crippen LogP contribution is 2.29. The summed E-state index contributed by atoms with van der Waals surface area (Å²) in [7, 11) is 0. The first kappa shape index (κ1) is 14.3. The fourth-order valence-electron chi connectivity index (χ4n) is 2.70. The fraction of sp³-hybridized carbons (Fsp3) is 0.353. The van der Waals surface area contributed by atoms with Crippen molar-refractivity contribution in [2.45, 2.75) is 38.5 Å². The number of hydrogen-bond donors (Lipinski definition) is 1. The molecule has 0 aliphatic heterocycles. The normalized spacial score (nSPS) is 14.9. The quantitative estimate of drug-likeness (QED) is 0.848. The zero-order chi connectivity index (χ0) is 14.7. The molecule has 0 unspecified atom stereocenters. The van der Waals surface area contributed by atoms with Crippen molar-refractivity contribution in [1.82, 2.24) is 0 Å². The van der Waals surface area contributed by atoms with Crippen LogP contribution in [0.2, 0.25) is 0 Å². The van der Waals surface area contributed by atoms with Crippen LogP contribution in [-0.4, -0.2) is 5.91 Å². The Morgan fingerprint density at radius 1 is 1.10 bits per heavy atom. The van der Waals surface area contributed by atoms with Crippen molar-refractivity contribution in [2.75, 3.05) is 5.32 Å². The summed E-state index contributed by atoms with van der Waals surface area (Å²) in [4.78, 5) is 14.3. The lowest BCUT2D eigenvalue weighted by molar-refractivity contribution is 0.103. The highest BCUT2D eigenvalue weighted by Gasteiger charge is 2.16. The minimum absolute atomic E-state index is 0.211. The van der Waals surface area contributed by atoms with Gasteiger partial charge in [-0.25, -0.2) is 4.39 Å². The first-order valence-electron chi connectivity index (χ1n) is 7.41. The first-order valence-corrected chi connectivity index (χ1v) is 8.23. The van der Waals surface area contributed by atoms with Crippen LogP contribution in [0.1, 0.15) is 45.8 Å². The van der Waals surface area contributed by atoms with Gasteiger partial charge in [0.2, 0.25) is 0 Å². The molecule has 1 aliphatic rings. The number of aryl methyl sites for hydroxylation is 2. The van der Waals surface area contributed by atoms with Crippen LogP contribution in [0.5, 0.6) is 0 Å². The van der Waals surface area contributed by atoms with Crippen LogP contribution < -0.4 is 5.32 Å². The van der Waals surface area contributed by atoms with Crippen LogP contribution in [0.25, 0.3) is 0 Å². The molecule has 1 amide bonds. The Kier molecular flexibility index (Phi) is 4.34. The summed E-state index contributed by atoms with van der Waals surface area (Å²) in [6.45, 7) is 0.